The van der Waals surface area contributed by atoms with Crippen LogP contribution in [-0.2, 0) is 10.0 Å². The van der Waals surface area contributed by atoms with Crippen molar-refractivity contribution in [3.05, 3.63) is 52.5 Å². The molecule has 0 fully saturated rings. The summed E-state index contributed by atoms with van der Waals surface area (Å²) >= 11 is 3.48. The summed E-state index contributed by atoms with van der Waals surface area (Å²) in [5, 5.41) is 1.65. The van der Waals surface area contributed by atoms with E-state index < -0.39 is 10.0 Å². The Labute approximate surface area is 146 Å². The molecule has 0 bridgehead atoms. The summed E-state index contributed by atoms with van der Waals surface area (Å²) in [6, 6.07) is 11.0. The van der Waals surface area contributed by atoms with Gasteiger partial charge in [0, 0.05) is 16.4 Å². The standard InChI is InChI=1S/C18H20BrNO2S/c19-17-10-11-18(16-9-5-4-8-15(16)17)23(21,22)20-13-12-14-6-2-1-3-7-14/h4-6,8-11,20H,1-3,7,12-13H2. The number of fused-ring (bicyclic) bond motifs is 1. The number of hydrogen-bond acceptors (Lipinski definition) is 2. The second kappa shape index (κ2) is 7.16. The Morgan fingerprint density at radius 3 is 2.57 bits per heavy atom. The van der Waals surface area contributed by atoms with E-state index in [4.69, 9.17) is 0 Å². The smallest absolute Gasteiger partial charge is 0.211 e. The fourth-order valence-corrected chi connectivity index (χ4v) is 4.74. The highest BCUT2D eigenvalue weighted by Gasteiger charge is 2.18. The number of halogens is 1. The summed E-state index contributed by atoms with van der Waals surface area (Å²) in [6.07, 6.45) is 7.75. The van der Waals surface area contributed by atoms with Crippen LogP contribution in [0.2, 0.25) is 0 Å². The number of hydrogen-bond donors (Lipinski definition) is 1. The van der Waals surface area contributed by atoms with Gasteiger partial charge in [-0.1, -0.05) is 51.8 Å². The van der Waals surface area contributed by atoms with Crippen molar-refractivity contribution in [2.75, 3.05) is 6.54 Å². The molecule has 1 N–H and O–H groups in total. The molecule has 1 aliphatic rings. The van der Waals surface area contributed by atoms with Crippen LogP contribution in [0.4, 0.5) is 0 Å². The molecule has 0 saturated carbocycles. The van der Waals surface area contributed by atoms with Crippen LogP contribution in [0.25, 0.3) is 10.8 Å². The number of allylic oxidation sites excluding steroid dienone is 1. The van der Waals surface area contributed by atoms with Crippen LogP contribution in [0.1, 0.15) is 32.1 Å². The molecule has 2 aromatic carbocycles. The molecular formula is C18H20BrNO2S. The van der Waals surface area contributed by atoms with Gasteiger partial charge in [0.05, 0.1) is 4.90 Å². The highest BCUT2D eigenvalue weighted by Crippen LogP contribution is 2.29. The highest BCUT2D eigenvalue weighted by atomic mass is 79.9. The van der Waals surface area contributed by atoms with E-state index in [1.165, 1.54) is 18.4 Å². The van der Waals surface area contributed by atoms with Crippen molar-refractivity contribution >= 4 is 36.7 Å². The van der Waals surface area contributed by atoms with E-state index in [-0.39, 0.29) is 0 Å². The Hall–Kier alpha value is -1.17. The summed E-state index contributed by atoms with van der Waals surface area (Å²) < 4.78 is 29.0. The molecule has 0 amide bonds. The molecule has 5 heteroatoms. The zero-order chi connectivity index (χ0) is 16.3. The van der Waals surface area contributed by atoms with Crippen molar-refractivity contribution < 1.29 is 8.42 Å². The van der Waals surface area contributed by atoms with Crippen LogP contribution in [-0.4, -0.2) is 15.0 Å². The third kappa shape index (κ3) is 3.84. The maximum Gasteiger partial charge on any atom is 0.241 e. The van der Waals surface area contributed by atoms with Gasteiger partial charge in [0.25, 0.3) is 0 Å². The maximum atomic E-state index is 12.7. The molecule has 0 unspecified atom stereocenters. The van der Waals surface area contributed by atoms with Gasteiger partial charge < -0.3 is 0 Å². The Morgan fingerprint density at radius 2 is 1.83 bits per heavy atom. The van der Waals surface area contributed by atoms with E-state index in [2.05, 4.69) is 26.7 Å². The van der Waals surface area contributed by atoms with Gasteiger partial charge >= 0.3 is 0 Å². The molecule has 3 nitrogen and oxygen atoms in total. The molecule has 3 rings (SSSR count). The third-order valence-electron chi connectivity index (χ3n) is 4.24. The minimum atomic E-state index is -3.50. The van der Waals surface area contributed by atoms with Crippen LogP contribution in [0.15, 0.2) is 57.4 Å². The van der Waals surface area contributed by atoms with Gasteiger partial charge in [-0.05, 0) is 49.6 Å². The number of nitrogens with one attached hydrogen (secondary N) is 1. The molecule has 1 aliphatic carbocycles. The summed E-state index contributed by atoms with van der Waals surface area (Å²) in [5.41, 5.74) is 1.37. The third-order valence-corrected chi connectivity index (χ3v) is 6.45. The first-order chi connectivity index (χ1) is 11.1. The van der Waals surface area contributed by atoms with Crippen molar-refractivity contribution in [2.24, 2.45) is 0 Å². The van der Waals surface area contributed by atoms with Gasteiger partial charge in [0.2, 0.25) is 10.0 Å². The number of sulfonamides is 1. The Kier molecular flexibility index (Phi) is 5.19. The largest absolute Gasteiger partial charge is 0.241 e. The zero-order valence-corrected chi connectivity index (χ0v) is 15.3. The summed E-state index contributed by atoms with van der Waals surface area (Å²) in [7, 11) is -3.50. The molecule has 0 spiro atoms. The number of rotatable bonds is 5. The summed E-state index contributed by atoms with van der Waals surface area (Å²) in [6.45, 7) is 0.457. The van der Waals surface area contributed by atoms with Crippen LogP contribution >= 0.6 is 15.9 Å². The van der Waals surface area contributed by atoms with Crippen LogP contribution in [0.3, 0.4) is 0 Å². The molecule has 23 heavy (non-hydrogen) atoms. The molecule has 0 aliphatic heterocycles. The Bertz CT molecular complexity index is 843. The quantitative estimate of drug-likeness (QED) is 0.743. The van der Waals surface area contributed by atoms with Gasteiger partial charge in [-0.25, -0.2) is 13.1 Å². The fraction of sp³-hybridized carbons (Fsp3) is 0.333. The molecule has 0 saturated heterocycles. The zero-order valence-electron chi connectivity index (χ0n) is 12.9. The molecule has 122 valence electrons. The van der Waals surface area contributed by atoms with Gasteiger partial charge in [0.1, 0.15) is 0 Å². The molecule has 0 aromatic heterocycles. The predicted octanol–water partition coefficient (Wildman–Crippen LogP) is 4.77. The van der Waals surface area contributed by atoms with E-state index in [9.17, 15) is 8.42 Å². The topological polar surface area (TPSA) is 46.2 Å². The van der Waals surface area contributed by atoms with Crippen LogP contribution < -0.4 is 4.72 Å². The Balaban J connectivity index is 1.80. The van der Waals surface area contributed by atoms with E-state index in [1.807, 2.05) is 24.3 Å². The first kappa shape index (κ1) is 16.7. The van der Waals surface area contributed by atoms with Gasteiger partial charge in [-0.2, -0.15) is 0 Å². The predicted molar refractivity (Wildman–Crippen MR) is 98.0 cm³/mol. The lowest BCUT2D eigenvalue weighted by molar-refractivity contribution is 0.580. The van der Waals surface area contributed by atoms with Crippen molar-refractivity contribution in [3.8, 4) is 0 Å². The van der Waals surface area contributed by atoms with E-state index in [0.29, 0.717) is 11.4 Å². The highest BCUT2D eigenvalue weighted by molar-refractivity contribution is 9.10. The lowest BCUT2D eigenvalue weighted by atomic mass is 9.97. The van der Waals surface area contributed by atoms with Gasteiger partial charge in [-0.15, -0.1) is 0 Å². The molecule has 0 radical (unpaired) electrons. The fourth-order valence-electron chi connectivity index (χ4n) is 3.02. The van der Waals surface area contributed by atoms with Crippen LogP contribution in [0.5, 0.6) is 0 Å². The minimum absolute atomic E-state index is 0.342. The molecule has 0 heterocycles. The second-order valence-electron chi connectivity index (χ2n) is 5.85. The normalized spacial score (nSPS) is 15.6. The minimum Gasteiger partial charge on any atom is -0.211 e. The average Bonchev–Trinajstić information content (AvgIpc) is 2.56. The van der Waals surface area contributed by atoms with E-state index in [0.717, 1.165) is 34.5 Å². The average molecular weight is 394 g/mol. The molecular weight excluding hydrogens is 374 g/mol. The lowest BCUT2D eigenvalue weighted by Crippen LogP contribution is -2.25. The first-order valence-corrected chi connectivity index (χ1v) is 10.2. The van der Waals surface area contributed by atoms with Crippen molar-refractivity contribution in [1.29, 1.82) is 0 Å². The van der Waals surface area contributed by atoms with Crippen LogP contribution in [0, 0.1) is 0 Å². The first-order valence-electron chi connectivity index (χ1n) is 7.93. The Morgan fingerprint density at radius 1 is 1.04 bits per heavy atom. The monoisotopic (exact) mass is 393 g/mol. The SMILES string of the molecule is O=S(=O)(NCCC1=CCCCC1)c1ccc(Br)c2ccccc12. The van der Waals surface area contributed by atoms with E-state index in [1.54, 1.807) is 12.1 Å². The summed E-state index contributed by atoms with van der Waals surface area (Å²) in [4.78, 5) is 0.342. The van der Waals surface area contributed by atoms with Gasteiger partial charge in [0.15, 0.2) is 0 Å². The van der Waals surface area contributed by atoms with E-state index >= 15 is 0 Å². The number of benzene rings is 2. The van der Waals surface area contributed by atoms with Gasteiger partial charge in [-0.3, -0.25) is 0 Å². The summed E-state index contributed by atoms with van der Waals surface area (Å²) in [5.74, 6) is 0. The lowest BCUT2D eigenvalue weighted by Gasteiger charge is -2.14. The molecule has 2 aromatic rings. The second-order valence-corrected chi connectivity index (χ2v) is 8.44. The maximum absolute atomic E-state index is 12.7. The van der Waals surface area contributed by atoms with Crippen molar-refractivity contribution in [1.82, 2.24) is 4.72 Å². The van der Waals surface area contributed by atoms with Crippen molar-refractivity contribution in [2.45, 2.75) is 37.0 Å². The molecule has 0 atom stereocenters. The van der Waals surface area contributed by atoms with Crippen molar-refractivity contribution in [3.63, 3.8) is 0 Å².